The van der Waals surface area contributed by atoms with Crippen LogP contribution in [0, 0.1) is 0 Å². The number of hydrogen-bond acceptors (Lipinski definition) is 3. The highest BCUT2D eigenvalue weighted by molar-refractivity contribution is 9.10. The molecule has 1 atom stereocenters. The van der Waals surface area contributed by atoms with E-state index in [4.69, 9.17) is 27.9 Å². The molecule has 0 aliphatic carbocycles. The molecule has 3 aromatic rings. The van der Waals surface area contributed by atoms with Crippen LogP contribution in [0.2, 0.25) is 10.0 Å². The molecule has 0 saturated heterocycles. The van der Waals surface area contributed by atoms with Gasteiger partial charge < -0.3 is 4.74 Å². The lowest BCUT2D eigenvalue weighted by molar-refractivity contribution is 0.121. The van der Waals surface area contributed by atoms with Gasteiger partial charge in [0.2, 0.25) is 0 Å². The van der Waals surface area contributed by atoms with E-state index in [1.165, 1.54) is 10.9 Å². The summed E-state index contributed by atoms with van der Waals surface area (Å²) in [4.78, 5) is 12.3. The number of benzene rings is 2. The predicted molar refractivity (Wildman–Crippen MR) is 106 cm³/mol. The molecule has 2 aromatic carbocycles. The van der Waals surface area contributed by atoms with E-state index in [0.29, 0.717) is 15.9 Å². The van der Waals surface area contributed by atoms with Gasteiger partial charge in [-0.05, 0) is 37.3 Å². The third-order valence-corrected chi connectivity index (χ3v) is 4.79. The average Bonchev–Trinajstić information content (AvgIpc) is 2.96. The van der Waals surface area contributed by atoms with Gasteiger partial charge in [0.1, 0.15) is 11.1 Å². The van der Waals surface area contributed by atoms with E-state index in [-0.39, 0.29) is 0 Å². The lowest BCUT2D eigenvalue weighted by Gasteiger charge is -2.16. The van der Waals surface area contributed by atoms with Crippen LogP contribution in [0.5, 0.6) is 0 Å². The first-order chi connectivity index (χ1) is 12.5. The van der Waals surface area contributed by atoms with E-state index in [1.807, 2.05) is 36.4 Å². The summed E-state index contributed by atoms with van der Waals surface area (Å²) in [5, 5.41) is 7.68. The maximum atomic E-state index is 12.3. The summed E-state index contributed by atoms with van der Waals surface area (Å²) in [6.07, 6.45) is 0.279. The molecule has 1 amide bonds. The van der Waals surface area contributed by atoms with Gasteiger partial charge in [-0.15, -0.1) is 0 Å². The van der Waals surface area contributed by atoms with E-state index in [0.717, 1.165) is 15.7 Å². The van der Waals surface area contributed by atoms with E-state index in [2.05, 4.69) is 26.3 Å². The summed E-state index contributed by atoms with van der Waals surface area (Å²) in [7, 11) is 0. The first-order valence-corrected chi connectivity index (χ1v) is 9.22. The number of hydrogen-bond donors (Lipinski definition) is 1. The molecule has 5 nitrogen and oxygen atoms in total. The van der Waals surface area contributed by atoms with Crippen LogP contribution < -0.4 is 5.32 Å². The summed E-state index contributed by atoms with van der Waals surface area (Å²) >= 11 is 15.7. The number of carbonyl (C=O) groups excluding carboxylic acids is 1. The van der Waals surface area contributed by atoms with Crippen LogP contribution in [0.15, 0.2) is 59.2 Å². The zero-order chi connectivity index (χ0) is 18.7. The Kier molecular flexibility index (Phi) is 5.86. The highest BCUT2D eigenvalue weighted by atomic mass is 79.9. The zero-order valence-corrected chi connectivity index (χ0v) is 16.7. The minimum atomic E-state index is -0.654. The standard InChI is InChI=1S/C18H14BrCl2N3O2/c1-11(14-4-2-3-5-15(14)20)26-18(25)23-17-16(21)10-22-24(17)13-8-6-12(19)7-9-13/h2-11H,1H3,(H,23,25). The molecule has 3 rings (SSSR count). The summed E-state index contributed by atoms with van der Waals surface area (Å²) in [5.41, 5.74) is 1.46. The fourth-order valence-corrected chi connectivity index (χ4v) is 3.10. The number of rotatable bonds is 4. The molecule has 1 unspecified atom stereocenters. The zero-order valence-electron chi connectivity index (χ0n) is 13.6. The van der Waals surface area contributed by atoms with Gasteiger partial charge in [0.05, 0.1) is 11.9 Å². The Bertz CT molecular complexity index is 928. The van der Waals surface area contributed by atoms with Crippen molar-refractivity contribution in [3.63, 3.8) is 0 Å². The molecule has 8 heteroatoms. The van der Waals surface area contributed by atoms with Gasteiger partial charge in [0.25, 0.3) is 0 Å². The Morgan fingerprint density at radius 1 is 1.15 bits per heavy atom. The molecule has 0 radical (unpaired) electrons. The topological polar surface area (TPSA) is 56.1 Å². The van der Waals surface area contributed by atoms with Crippen LogP contribution in [0.4, 0.5) is 10.6 Å². The Morgan fingerprint density at radius 3 is 2.54 bits per heavy atom. The fourth-order valence-electron chi connectivity index (χ4n) is 2.37. The predicted octanol–water partition coefficient (Wildman–Crippen LogP) is 6.25. The van der Waals surface area contributed by atoms with Crippen LogP contribution in [-0.4, -0.2) is 15.9 Å². The van der Waals surface area contributed by atoms with Gasteiger partial charge in [-0.2, -0.15) is 5.10 Å². The van der Waals surface area contributed by atoms with Crippen LogP contribution in [0.25, 0.3) is 5.69 Å². The summed E-state index contributed by atoms with van der Waals surface area (Å²) in [5.74, 6) is 0.324. The highest BCUT2D eigenvalue weighted by Gasteiger charge is 2.18. The minimum absolute atomic E-state index is 0.301. The molecule has 0 fully saturated rings. The second kappa shape index (κ2) is 8.12. The van der Waals surface area contributed by atoms with Crippen molar-refractivity contribution in [2.24, 2.45) is 0 Å². The molecule has 1 heterocycles. The number of nitrogens with zero attached hydrogens (tertiary/aromatic N) is 2. The quantitative estimate of drug-likeness (QED) is 0.506. The number of amides is 1. The van der Waals surface area contributed by atoms with Gasteiger partial charge >= 0.3 is 6.09 Å². The van der Waals surface area contributed by atoms with Crippen molar-refractivity contribution in [2.75, 3.05) is 5.32 Å². The number of carbonyl (C=O) groups is 1. The third kappa shape index (κ3) is 4.20. The highest BCUT2D eigenvalue weighted by Crippen LogP contribution is 2.28. The van der Waals surface area contributed by atoms with Gasteiger partial charge in [-0.25, -0.2) is 9.48 Å². The monoisotopic (exact) mass is 453 g/mol. The van der Waals surface area contributed by atoms with Crippen LogP contribution in [0.1, 0.15) is 18.6 Å². The second-order valence-corrected chi connectivity index (χ2v) is 7.15. The molecule has 1 aromatic heterocycles. The van der Waals surface area contributed by atoms with Crippen molar-refractivity contribution in [1.82, 2.24) is 9.78 Å². The molecule has 26 heavy (non-hydrogen) atoms. The molecule has 0 spiro atoms. The maximum absolute atomic E-state index is 12.3. The average molecular weight is 455 g/mol. The van der Waals surface area contributed by atoms with Crippen LogP contribution in [0.3, 0.4) is 0 Å². The number of nitrogens with one attached hydrogen (secondary N) is 1. The van der Waals surface area contributed by atoms with E-state index >= 15 is 0 Å². The molecule has 134 valence electrons. The third-order valence-electron chi connectivity index (χ3n) is 3.64. The minimum Gasteiger partial charge on any atom is -0.441 e. The largest absolute Gasteiger partial charge is 0.441 e. The fraction of sp³-hybridized carbons (Fsp3) is 0.111. The molecule has 1 N–H and O–H groups in total. The van der Waals surface area contributed by atoms with Gasteiger partial charge in [0.15, 0.2) is 5.82 Å². The number of ether oxygens (including phenoxy) is 1. The molecule has 0 bridgehead atoms. The van der Waals surface area contributed by atoms with Crippen LogP contribution >= 0.6 is 39.1 Å². The second-order valence-electron chi connectivity index (χ2n) is 5.42. The lowest BCUT2D eigenvalue weighted by Crippen LogP contribution is -2.18. The first kappa shape index (κ1) is 18.8. The summed E-state index contributed by atoms with van der Waals surface area (Å²) in [6, 6.07) is 14.6. The maximum Gasteiger partial charge on any atom is 0.413 e. The summed E-state index contributed by atoms with van der Waals surface area (Å²) in [6.45, 7) is 1.74. The lowest BCUT2D eigenvalue weighted by atomic mass is 10.1. The molecular weight excluding hydrogens is 441 g/mol. The molecule has 0 saturated carbocycles. The van der Waals surface area contributed by atoms with E-state index in [1.54, 1.807) is 19.1 Å². The smallest absolute Gasteiger partial charge is 0.413 e. The van der Waals surface area contributed by atoms with Crippen molar-refractivity contribution in [3.8, 4) is 5.69 Å². The Balaban J connectivity index is 1.77. The number of anilines is 1. The molecule has 0 aliphatic rings. The summed E-state index contributed by atoms with van der Waals surface area (Å²) < 4.78 is 7.87. The number of aromatic nitrogens is 2. The Morgan fingerprint density at radius 2 is 1.85 bits per heavy atom. The van der Waals surface area contributed by atoms with E-state index < -0.39 is 12.2 Å². The Labute approximate surface area is 169 Å². The Hall–Kier alpha value is -2.02. The van der Waals surface area contributed by atoms with Crippen molar-refractivity contribution in [2.45, 2.75) is 13.0 Å². The first-order valence-electron chi connectivity index (χ1n) is 7.67. The van der Waals surface area contributed by atoms with E-state index in [9.17, 15) is 4.79 Å². The SMILES string of the molecule is CC(OC(=O)Nc1c(Cl)cnn1-c1ccc(Br)cc1)c1ccccc1Cl. The number of halogens is 3. The normalized spacial score (nSPS) is 11.8. The van der Waals surface area contributed by atoms with Crippen molar-refractivity contribution < 1.29 is 9.53 Å². The van der Waals surface area contributed by atoms with Gasteiger partial charge in [-0.3, -0.25) is 5.32 Å². The molecular formula is C18H14BrCl2N3O2. The van der Waals surface area contributed by atoms with Crippen molar-refractivity contribution in [1.29, 1.82) is 0 Å². The van der Waals surface area contributed by atoms with Gasteiger partial charge in [-0.1, -0.05) is 57.3 Å². The molecule has 0 aliphatic heterocycles. The van der Waals surface area contributed by atoms with Crippen molar-refractivity contribution in [3.05, 3.63) is 74.8 Å². The van der Waals surface area contributed by atoms with Crippen LogP contribution in [-0.2, 0) is 4.74 Å². The van der Waals surface area contributed by atoms with Crippen molar-refractivity contribution >= 4 is 51.0 Å². The van der Waals surface area contributed by atoms with Gasteiger partial charge in [0, 0.05) is 15.1 Å².